The van der Waals surface area contributed by atoms with Crippen LogP contribution in [0.4, 0.5) is 0 Å². The van der Waals surface area contributed by atoms with Gasteiger partial charge in [0.2, 0.25) is 5.91 Å². The minimum atomic E-state index is -0.623. The molecule has 2 fully saturated rings. The largest absolute Gasteiger partial charge is 0.496 e. The first-order chi connectivity index (χ1) is 11.9. The van der Waals surface area contributed by atoms with Crippen molar-refractivity contribution in [1.29, 1.82) is 0 Å². The van der Waals surface area contributed by atoms with Crippen LogP contribution in [0.25, 0.3) is 0 Å². The van der Waals surface area contributed by atoms with Crippen molar-refractivity contribution in [2.45, 2.75) is 50.7 Å². The van der Waals surface area contributed by atoms with Crippen molar-refractivity contribution in [2.75, 3.05) is 33.3 Å². The summed E-state index contributed by atoms with van der Waals surface area (Å²) in [4.78, 5) is 17.5. The fourth-order valence-electron chi connectivity index (χ4n) is 4.27. The number of aliphatic hydroxyl groups excluding tert-OH is 1. The highest BCUT2D eigenvalue weighted by Gasteiger charge is 2.39. The predicted octanol–water partition coefficient (Wildman–Crippen LogP) is 2.03. The number of nitrogens with zero attached hydrogens (tertiary/aromatic N) is 2. The summed E-state index contributed by atoms with van der Waals surface area (Å²) in [7, 11) is 1.64. The molecule has 0 aromatic heterocycles. The molecular formula is C20H30N2O3. The number of methoxy groups -OCH3 is 1. The summed E-state index contributed by atoms with van der Waals surface area (Å²) in [6, 6.07) is 8.03. The third kappa shape index (κ3) is 3.53. The fraction of sp³-hybridized carbons (Fsp3) is 0.650. The summed E-state index contributed by atoms with van der Waals surface area (Å²) in [5.41, 5.74) is 0.304. The lowest BCUT2D eigenvalue weighted by atomic mass is 9.82. The molecular weight excluding hydrogens is 316 g/mol. The first-order valence-corrected chi connectivity index (χ1v) is 9.30. The van der Waals surface area contributed by atoms with Gasteiger partial charge in [0.25, 0.3) is 0 Å². The molecule has 1 saturated carbocycles. The molecule has 1 saturated heterocycles. The highest BCUT2D eigenvalue weighted by molar-refractivity contribution is 5.88. The molecule has 5 nitrogen and oxygen atoms in total. The van der Waals surface area contributed by atoms with Gasteiger partial charge in [-0.1, -0.05) is 18.2 Å². The van der Waals surface area contributed by atoms with Crippen LogP contribution in [0, 0.1) is 0 Å². The smallest absolute Gasteiger partial charge is 0.232 e. The molecule has 138 valence electrons. The number of carbonyl (C=O) groups excluding carboxylic acids is 1. The van der Waals surface area contributed by atoms with Gasteiger partial charge in [0.05, 0.1) is 18.6 Å². The minimum absolute atomic E-state index is 0.142. The molecule has 5 heteroatoms. The Balaban J connectivity index is 1.67. The van der Waals surface area contributed by atoms with E-state index in [1.165, 1.54) is 0 Å². The molecule has 1 amide bonds. The lowest BCUT2D eigenvalue weighted by molar-refractivity contribution is -0.138. The fourth-order valence-corrected chi connectivity index (χ4v) is 4.27. The van der Waals surface area contributed by atoms with E-state index in [1.54, 1.807) is 7.11 Å². The van der Waals surface area contributed by atoms with Crippen LogP contribution in [0.3, 0.4) is 0 Å². The van der Waals surface area contributed by atoms with Gasteiger partial charge < -0.3 is 14.7 Å². The number of hydrogen-bond donors (Lipinski definition) is 1. The maximum absolute atomic E-state index is 13.2. The Morgan fingerprint density at radius 3 is 2.44 bits per heavy atom. The van der Waals surface area contributed by atoms with Gasteiger partial charge in [0, 0.05) is 37.8 Å². The predicted molar refractivity (Wildman–Crippen MR) is 97.8 cm³/mol. The molecule has 1 aliphatic carbocycles. The van der Waals surface area contributed by atoms with E-state index in [2.05, 4.69) is 4.90 Å². The number of benzene rings is 1. The van der Waals surface area contributed by atoms with Gasteiger partial charge in [-0.25, -0.2) is 0 Å². The Morgan fingerprint density at radius 1 is 1.16 bits per heavy atom. The summed E-state index contributed by atoms with van der Waals surface area (Å²) in [6.45, 7) is 7.08. The third-order valence-electron chi connectivity index (χ3n) is 5.83. The molecule has 3 rings (SSSR count). The summed E-state index contributed by atoms with van der Waals surface area (Å²) >= 11 is 0. The molecule has 2 aliphatic rings. The standard InChI is InChI=1S/C20H30N2O3/c1-20(2,15-7-4-5-10-18(15)25-3)19(24)22-13-11-21(12-14-22)16-8-6-9-17(16)23/h4-5,7,10,16-17,23H,6,8-9,11-14H2,1-3H3. The van der Waals surface area contributed by atoms with Crippen molar-refractivity contribution in [3.63, 3.8) is 0 Å². The van der Waals surface area contributed by atoms with E-state index in [0.717, 1.165) is 56.8 Å². The average molecular weight is 346 g/mol. The van der Waals surface area contributed by atoms with E-state index in [9.17, 15) is 9.90 Å². The van der Waals surface area contributed by atoms with Crippen LogP contribution >= 0.6 is 0 Å². The lowest BCUT2D eigenvalue weighted by Gasteiger charge is -2.41. The van der Waals surface area contributed by atoms with Gasteiger partial charge in [-0.3, -0.25) is 9.69 Å². The third-order valence-corrected chi connectivity index (χ3v) is 5.83. The highest BCUT2D eigenvalue weighted by atomic mass is 16.5. The highest BCUT2D eigenvalue weighted by Crippen LogP contribution is 2.33. The van der Waals surface area contributed by atoms with Crippen LogP contribution < -0.4 is 4.74 Å². The molecule has 1 heterocycles. The van der Waals surface area contributed by atoms with Gasteiger partial charge in [0.1, 0.15) is 5.75 Å². The van der Waals surface area contributed by atoms with Crippen molar-refractivity contribution >= 4 is 5.91 Å². The van der Waals surface area contributed by atoms with Crippen LogP contribution in [-0.2, 0) is 10.2 Å². The second kappa shape index (κ2) is 7.34. The maximum Gasteiger partial charge on any atom is 0.232 e. The van der Waals surface area contributed by atoms with Crippen LogP contribution in [0.5, 0.6) is 5.75 Å². The molecule has 1 aromatic rings. The molecule has 0 spiro atoms. The number of hydrogen-bond acceptors (Lipinski definition) is 4. The van der Waals surface area contributed by atoms with Crippen LogP contribution in [0.2, 0.25) is 0 Å². The molecule has 2 unspecified atom stereocenters. The van der Waals surface area contributed by atoms with Crippen molar-refractivity contribution in [2.24, 2.45) is 0 Å². The molecule has 1 N–H and O–H groups in total. The van der Waals surface area contributed by atoms with Crippen molar-refractivity contribution in [1.82, 2.24) is 9.80 Å². The zero-order chi connectivity index (χ0) is 18.0. The summed E-state index contributed by atoms with van der Waals surface area (Å²) in [5.74, 6) is 0.900. The summed E-state index contributed by atoms with van der Waals surface area (Å²) < 4.78 is 5.46. The first kappa shape index (κ1) is 18.2. The van der Waals surface area contributed by atoms with Crippen molar-refractivity contribution < 1.29 is 14.6 Å². The quantitative estimate of drug-likeness (QED) is 0.906. The second-order valence-electron chi connectivity index (χ2n) is 7.72. The Hall–Kier alpha value is -1.59. The van der Waals surface area contributed by atoms with E-state index in [-0.39, 0.29) is 18.1 Å². The molecule has 0 radical (unpaired) electrons. The first-order valence-electron chi connectivity index (χ1n) is 9.30. The second-order valence-corrected chi connectivity index (χ2v) is 7.72. The molecule has 1 aromatic carbocycles. The Kier molecular flexibility index (Phi) is 5.35. The van der Waals surface area contributed by atoms with Gasteiger partial charge >= 0.3 is 0 Å². The van der Waals surface area contributed by atoms with Gasteiger partial charge in [-0.05, 0) is 39.2 Å². The Morgan fingerprint density at radius 2 is 1.84 bits per heavy atom. The van der Waals surface area contributed by atoms with Crippen LogP contribution in [0.15, 0.2) is 24.3 Å². The van der Waals surface area contributed by atoms with Gasteiger partial charge in [-0.15, -0.1) is 0 Å². The van der Waals surface area contributed by atoms with E-state index in [1.807, 2.05) is 43.0 Å². The number of piperazine rings is 1. The monoisotopic (exact) mass is 346 g/mol. The number of aliphatic hydroxyl groups is 1. The maximum atomic E-state index is 13.2. The van der Waals surface area contributed by atoms with E-state index in [0.29, 0.717) is 0 Å². The number of para-hydroxylation sites is 1. The number of carbonyl (C=O) groups is 1. The molecule has 0 bridgehead atoms. The number of ether oxygens (including phenoxy) is 1. The minimum Gasteiger partial charge on any atom is -0.496 e. The Bertz CT molecular complexity index is 609. The van der Waals surface area contributed by atoms with E-state index >= 15 is 0 Å². The number of amides is 1. The normalized spacial score (nSPS) is 25.2. The molecule has 25 heavy (non-hydrogen) atoms. The summed E-state index contributed by atoms with van der Waals surface area (Å²) in [5, 5.41) is 10.1. The van der Waals surface area contributed by atoms with Crippen LogP contribution in [0.1, 0.15) is 38.7 Å². The summed E-state index contributed by atoms with van der Waals surface area (Å²) in [6.07, 6.45) is 2.88. The topological polar surface area (TPSA) is 53.0 Å². The number of rotatable bonds is 4. The van der Waals surface area contributed by atoms with Crippen LogP contribution in [-0.4, -0.2) is 66.2 Å². The molecule has 2 atom stereocenters. The Labute approximate surface area is 150 Å². The SMILES string of the molecule is COc1ccccc1C(C)(C)C(=O)N1CCN(C2CCCC2O)CC1. The van der Waals surface area contributed by atoms with Gasteiger partial charge in [-0.2, -0.15) is 0 Å². The van der Waals surface area contributed by atoms with E-state index < -0.39 is 5.41 Å². The van der Waals surface area contributed by atoms with Crippen molar-refractivity contribution in [3.8, 4) is 5.75 Å². The average Bonchev–Trinajstić information content (AvgIpc) is 3.07. The van der Waals surface area contributed by atoms with Crippen molar-refractivity contribution in [3.05, 3.63) is 29.8 Å². The van der Waals surface area contributed by atoms with Gasteiger partial charge in [0.15, 0.2) is 0 Å². The zero-order valence-corrected chi connectivity index (χ0v) is 15.6. The zero-order valence-electron chi connectivity index (χ0n) is 15.6. The van der Waals surface area contributed by atoms with E-state index in [4.69, 9.17) is 4.74 Å². The molecule has 1 aliphatic heterocycles. The lowest BCUT2D eigenvalue weighted by Crippen LogP contribution is -2.56.